The molecule has 1 aliphatic rings. The molecule has 2 rings (SSSR count). The summed E-state index contributed by atoms with van der Waals surface area (Å²) in [6.07, 6.45) is 1.79. The van der Waals surface area contributed by atoms with Crippen molar-refractivity contribution in [3.8, 4) is 0 Å². The molecule has 102 valence electrons. The molecular weight excluding hydrogens is 252 g/mol. The number of allylic oxidation sites excluding steroid dienone is 3. The molecule has 2 radical (unpaired) electrons. The van der Waals surface area contributed by atoms with Gasteiger partial charge in [-0.1, -0.05) is 26.8 Å². The summed E-state index contributed by atoms with van der Waals surface area (Å²) in [4.78, 5) is 12.1. The van der Waals surface area contributed by atoms with Gasteiger partial charge < -0.3 is 5.32 Å². The van der Waals surface area contributed by atoms with Gasteiger partial charge in [-0.05, 0) is 36.1 Å². The number of fused-ring (bicyclic) bond motifs is 1. The molecule has 0 spiro atoms. The van der Waals surface area contributed by atoms with E-state index < -0.39 is 0 Å². The molecule has 0 unspecified atom stereocenters. The van der Waals surface area contributed by atoms with Crippen LogP contribution in [-0.2, 0) is 4.79 Å². The summed E-state index contributed by atoms with van der Waals surface area (Å²) >= 11 is 0. The zero-order chi connectivity index (χ0) is 15.1. The molecule has 1 amide bonds. The van der Waals surface area contributed by atoms with Crippen LogP contribution in [0, 0.1) is 11.2 Å². The summed E-state index contributed by atoms with van der Waals surface area (Å²) in [5.74, 6) is -0.584. The van der Waals surface area contributed by atoms with Gasteiger partial charge in [0, 0.05) is 11.3 Å². The molecule has 0 bridgehead atoms. The van der Waals surface area contributed by atoms with Crippen molar-refractivity contribution in [3.63, 3.8) is 0 Å². The first-order valence-corrected chi connectivity index (χ1v) is 6.50. The topological polar surface area (TPSA) is 29.1 Å². The van der Waals surface area contributed by atoms with Crippen LogP contribution in [0.4, 0.5) is 10.1 Å². The Morgan fingerprint density at radius 1 is 1.35 bits per heavy atom. The largest absolute Gasteiger partial charge is 0.321 e. The molecule has 1 aromatic rings. The van der Waals surface area contributed by atoms with Crippen molar-refractivity contribution in [2.75, 3.05) is 5.32 Å². The van der Waals surface area contributed by atoms with Crippen molar-refractivity contribution in [1.29, 1.82) is 0 Å². The van der Waals surface area contributed by atoms with Crippen LogP contribution in [0.25, 0.3) is 5.57 Å². The second-order valence-electron chi connectivity index (χ2n) is 6.05. The third-order valence-corrected chi connectivity index (χ3v) is 3.36. The molecule has 2 nitrogen and oxygen atoms in total. The minimum absolute atomic E-state index is 0.179. The van der Waals surface area contributed by atoms with Gasteiger partial charge in [-0.25, -0.2) is 4.39 Å². The van der Waals surface area contributed by atoms with E-state index in [1.165, 1.54) is 12.1 Å². The van der Waals surface area contributed by atoms with E-state index in [2.05, 4.69) is 5.32 Å². The fourth-order valence-corrected chi connectivity index (χ4v) is 2.05. The fraction of sp³-hybridized carbons (Fsp3) is 0.312. The first kappa shape index (κ1) is 14.6. The van der Waals surface area contributed by atoms with E-state index >= 15 is 0 Å². The number of halogens is 1. The monoisotopic (exact) mass is 269 g/mol. The zero-order valence-corrected chi connectivity index (χ0v) is 12.2. The molecule has 0 saturated carbocycles. The maximum absolute atomic E-state index is 13.4. The Hall–Kier alpha value is -1.84. The highest BCUT2D eigenvalue weighted by atomic mass is 19.1. The third-order valence-electron chi connectivity index (χ3n) is 3.36. The fourth-order valence-electron chi connectivity index (χ4n) is 2.05. The summed E-state index contributed by atoms with van der Waals surface area (Å²) in [7, 11) is 6.04. The Kier molecular flexibility index (Phi) is 3.59. The predicted molar refractivity (Wildman–Crippen MR) is 80.9 cm³/mol. The normalized spacial score (nSPS) is 17.9. The minimum atomic E-state index is -0.363. The van der Waals surface area contributed by atoms with Crippen LogP contribution in [0.1, 0.15) is 33.3 Å². The predicted octanol–water partition coefficient (Wildman–Crippen LogP) is 3.65. The molecule has 1 aromatic carbocycles. The van der Waals surface area contributed by atoms with Crippen molar-refractivity contribution in [1.82, 2.24) is 0 Å². The lowest BCUT2D eigenvalue weighted by atomic mass is 9.73. The van der Waals surface area contributed by atoms with Crippen LogP contribution in [0.5, 0.6) is 0 Å². The molecule has 1 heterocycles. The second kappa shape index (κ2) is 4.93. The molecule has 0 aliphatic carbocycles. The van der Waals surface area contributed by atoms with E-state index in [9.17, 15) is 9.18 Å². The molecule has 1 N–H and O–H groups in total. The minimum Gasteiger partial charge on any atom is -0.321 e. The van der Waals surface area contributed by atoms with Crippen LogP contribution in [0.2, 0.25) is 0 Å². The summed E-state index contributed by atoms with van der Waals surface area (Å²) in [5.41, 5.74) is 2.94. The maximum atomic E-state index is 13.4. The molecule has 0 atom stereocenters. The summed E-state index contributed by atoms with van der Waals surface area (Å²) in [6.45, 7) is 7.81. The highest BCUT2D eigenvalue weighted by molar-refractivity contribution is 6.32. The molecule has 4 heteroatoms. The average Bonchev–Trinajstić information content (AvgIpc) is 2.63. The Morgan fingerprint density at radius 2 is 2.00 bits per heavy atom. The molecule has 20 heavy (non-hydrogen) atoms. The van der Waals surface area contributed by atoms with Crippen molar-refractivity contribution in [2.24, 2.45) is 5.41 Å². The number of amides is 1. The van der Waals surface area contributed by atoms with Crippen molar-refractivity contribution in [2.45, 2.75) is 27.7 Å². The van der Waals surface area contributed by atoms with Gasteiger partial charge in [-0.2, -0.15) is 0 Å². The van der Waals surface area contributed by atoms with Crippen molar-refractivity contribution in [3.05, 3.63) is 46.7 Å². The lowest BCUT2D eigenvalue weighted by molar-refractivity contribution is -0.110. The highest BCUT2D eigenvalue weighted by Crippen LogP contribution is 2.35. The van der Waals surface area contributed by atoms with E-state index in [4.69, 9.17) is 7.85 Å². The summed E-state index contributed by atoms with van der Waals surface area (Å²) in [5, 5.41) is 2.73. The molecular formula is C16H17BFNO. The number of rotatable bonds is 1. The van der Waals surface area contributed by atoms with E-state index in [1.807, 2.05) is 27.7 Å². The SMILES string of the molecule is [B]/C(=C/C(C)=C1\C(=O)Nc2ccc(F)cc21)C(C)(C)C. The van der Waals surface area contributed by atoms with Gasteiger partial charge in [0.2, 0.25) is 0 Å². The number of carbonyl (C=O) groups excluding carboxylic acids is 1. The molecule has 0 aromatic heterocycles. The standard InChI is InChI=1S/C16H17BFNO/c1-9(7-13(17)16(2,3)4)14-11-8-10(18)5-6-12(11)19-15(14)20/h5-8H,1-4H3,(H,19,20)/b13-7+,14-9-. The van der Waals surface area contributed by atoms with Crippen LogP contribution in [0.15, 0.2) is 35.3 Å². The maximum Gasteiger partial charge on any atom is 0.256 e. The van der Waals surface area contributed by atoms with E-state index in [0.717, 1.165) is 5.57 Å². The van der Waals surface area contributed by atoms with Gasteiger partial charge in [0.25, 0.3) is 5.91 Å². The van der Waals surface area contributed by atoms with Crippen molar-refractivity contribution >= 4 is 25.0 Å². The van der Waals surface area contributed by atoms with Gasteiger partial charge in [0.1, 0.15) is 13.7 Å². The van der Waals surface area contributed by atoms with Gasteiger partial charge in [0.15, 0.2) is 0 Å². The van der Waals surface area contributed by atoms with E-state index in [1.54, 1.807) is 12.1 Å². The number of benzene rings is 1. The van der Waals surface area contributed by atoms with Crippen molar-refractivity contribution < 1.29 is 9.18 Å². The number of anilines is 1. The van der Waals surface area contributed by atoms with Gasteiger partial charge in [-0.15, -0.1) is 5.47 Å². The van der Waals surface area contributed by atoms with E-state index in [-0.39, 0.29) is 17.1 Å². The number of nitrogens with one attached hydrogen (secondary N) is 1. The summed E-state index contributed by atoms with van der Waals surface area (Å²) < 4.78 is 13.4. The molecule has 1 aliphatic heterocycles. The lowest BCUT2D eigenvalue weighted by Crippen LogP contribution is -2.10. The second-order valence-corrected chi connectivity index (χ2v) is 6.05. The Balaban J connectivity index is 2.55. The molecule has 0 fully saturated rings. The Labute approximate surface area is 120 Å². The number of hydrogen-bond donors (Lipinski definition) is 1. The zero-order valence-electron chi connectivity index (χ0n) is 12.2. The van der Waals surface area contributed by atoms with E-state index in [0.29, 0.717) is 22.3 Å². The average molecular weight is 269 g/mol. The first-order chi connectivity index (χ1) is 9.20. The Bertz CT molecular complexity index is 638. The number of carbonyl (C=O) groups is 1. The van der Waals surface area contributed by atoms with Gasteiger partial charge in [0.05, 0.1) is 5.57 Å². The van der Waals surface area contributed by atoms with Gasteiger partial charge in [-0.3, -0.25) is 4.79 Å². The number of hydrogen-bond acceptors (Lipinski definition) is 1. The summed E-state index contributed by atoms with van der Waals surface area (Å²) in [6, 6.07) is 4.27. The van der Waals surface area contributed by atoms with Crippen LogP contribution >= 0.6 is 0 Å². The van der Waals surface area contributed by atoms with Crippen LogP contribution < -0.4 is 5.32 Å². The first-order valence-electron chi connectivity index (χ1n) is 6.50. The third kappa shape index (κ3) is 2.69. The quantitative estimate of drug-likeness (QED) is 0.612. The molecule has 0 saturated heterocycles. The highest BCUT2D eigenvalue weighted by Gasteiger charge is 2.26. The van der Waals surface area contributed by atoms with Gasteiger partial charge >= 0.3 is 0 Å². The van der Waals surface area contributed by atoms with Crippen LogP contribution in [-0.4, -0.2) is 13.8 Å². The van der Waals surface area contributed by atoms with Crippen LogP contribution in [0.3, 0.4) is 0 Å². The lowest BCUT2D eigenvalue weighted by Gasteiger charge is -2.20. The Morgan fingerprint density at radius 3 is 2.60 bits per heavy atom. The smallest absolute Gasteiger partial charge is 0.256 e.